The van der Waals surface area contributed by atoms with Gasteiger partial charge in [0.15, 0.2) is 0 Å². The lowest BCUT2D eigenvalue weighted by Crippen LogP contribution is -2.61. The SMILES string of the molecule is CCCN1C(=O)C(c2ccccc2)NC(=O)C1C(C)C. The Morgan fingerprint density at radius 3 is 2.40 bits per heavy atom. The van der Waals surface area contributed by atoms with E-state index in [1.807, 2.05) is 51.1 Å². The Morgan fingerprint density at radius 1 is 1.20 bits per heavy atom. The van der Waals surface area contributed by atoms with Gasteiger partial charge in [-0.1, -0.05) is 51.1 Å². The second-order valence-electron chi connectivity index (χ2n) is 5.57. The molecule has 0 bridgehead atoms. The lowest BCUT2D eigenvalue weighted by atomic mass is 9.94. The molecule has 1 aromatic carbocycles. The molecule has 0 aromatic heterocycles. The highest BCUT2D eigenvalue weighted by Crippen LogP contribution is 2.25. The molecule has 2 rings (SSSR count). The van der Waals surface area contributed by atoms with E-state index in [0.717, 1.165) is 12.0 Å². The summed E-state index contributed by atoms with van der Waals surface area (Å²) < 4.78 is 0. The summed E-state index contributed by atoms with van der Waals surface area (Å²) >= 11 is 0. The van der Waals surface area contributed by atoms with Crippen molar-refractivity contribution in [2.45, 2.75) is 39.3 Å². The number of carbonyl (C=O) groups excluding carboxylic acids is 2. The maximum atomic E-state index is 12.7. The van der Waals surface area contributed by atoms with Crippen molar-refractivity contribution in [3.8, 4) is 0 Å². The average Bonchev–Trinajstić information content (AvgIpc) is 2.43. The minimum Gasteiger partial charge on any atom is -0.339 e. The van der Waals surface area contributed by atoms with Gasteiger partial charge in [-0.3, -0.25) is 9.59 Å². The molecule has 0 saturated carbocycles. The van der Waals surface area contributed by atoms with Crippen LogP contribution in [0.15, 0.2) is 30.3 Å². The van der Waals surface area contributed by atoms with E-state index < -0.39 is 6.04 Å². The van der Waals surface area contributed by atoms with Crippen LogP contribution in [0.5, 0.6) is 0 Å². The molecule has 1 aliphatic heterocycles. The van der Waals surface area contributed by atoms with Crippen LogP contribution in [0, 0.1) is 5.92 Å². The van der Waals surface area contributed by atoms with Gasteiger partial charge in [-0.15, -0.1) is 0 Å². The minimum atomic E-state index is -0.551. The first-order chi connectivity index (χ1) is 9.56. The van der Waals surface area contributed by atoms with E-state index in [1.54, 1.807) is 4.90 Å². The second kappa shape index (κ2) is 6.07. The molecule has 1 fully saturated rings. The molecule has 2 amide bonds. The third-order valence-corrected chi connectivity index (χ3v) is 3.65. The highest BCUT2D eigenvalue weighted by molar-refractivity contribution is 5.97. The largest absolute Gasteiger partial charge is 0.339 e. The molecule has 1 aliphatic rings. The summed E-state index contributed by atoms with van der Waals surface area (Å²) in [6.45, 7) is 6.60. The molecule has 1 aromatic rings. The van der Waals surface area contributed by atoms with Crippen LogP contribution < -0.4 is 5.32 Å². The first-order valence-corrected chi connectivity index (χ1v) is 7.22. The summed E-state index contributed by atoms with van der Waals surface area (Å²) in [6.07, 6.45) is 0.851. The molecular weight excluding hydrogens is 252 g/mol. The molecule has 0 spiro atoms. The van der Waals surface area contributed by atoms with Crippen LogP contribution in [0.2, 0.25) is 0 Å². The van der Waals surface area contributed by atoms with E-state index in [0.29, 0.717) is 6.54 Å². The molecule has 20 heavy (non-hydrogen) atoms. The van der Waals surface area contributed by atoms with Gasteiger partial charge in [0, 0.05) is 6.54 Å². The number of piperazine rings is 1. The van der Waals surface area contributed by atoms with Crippen molar-refractivity contribution >= 4 is 11.8 Å². The number of amides is 2. The van der Waals surface area contributed by atoms with Gasteiger partial charge in [0.2, 0.25) is 11.8 Å². The maximum Gasteiger partial charge on any atom is 0.250 e. The van der Waals surface area contributed by atoms with Crippen LogP contribution in [0.1, 0.15) is 38.8 Å². The summed E-state index contributed by atoms with van der Waals surface area (Å²) in [5.41, 5.74) is 0.842. The summed E-state index contributed by atoms with van der Waals surface area (Å²) in [4.78, 5) is 26.8. The number of nitrogens with zero attached hydrogens (tertiary/aromatic N) is 1. The molecule has 1 heterocycles. The predicted octanol–water partition coefficient (Wildman–Crippen LogP) is 2.12. The van der Waals surface area contributed by atoms with E-state index in [9.17, 15) is 9.59 Å². The van der Waals surface area contributed by atoms with E-state index in [1.165, 1.54) is 0 Å². The summed E-state index contributed by atoms with van der Waals surface area (Å²) in [5.74, 6) is 0.0560. The number of carbonyl (C=O) groups is 2. The van der Waals surface area contributed by atoms with Crippen molar-refractivity contribution in [3.05, 3.63) is 35.9 Å². The zero-order valence-electron chi connectivity index (χ0n) is 12.3. The first-order valence-electron chi connectivity index (χ1n) is 7.22. The normalized spacial score (nSPS) is 23.1. The molecule has 2 atom stereocenters. The third kappa shape index (κ3) is 2.69. The first kappa shape index (κ1) is 14.6. The van der Waals surface area contributed by atoms with Crippen molar-refractivity contribution in [1.82, 2.24) is 10.2 Å². The Kier molecular flexibility index (Phi) is 4.42. The fourth-order valence-corrected chi connectivity index (χ4v) is 2.76. The molecule has 1 N–H and O–H groups in total. The molecule has 0 radical (unpaired) electrons. The molecular formula is C16H22N2O2. The van der Waals surface area contributed by atoms with Crippen molar-refractivity contribution in [2.75, 3.05) is 6.54 Å². The number of benzene rings is 1. The Morgan fingerprint density at radius 2 is 1.85 bits per heavy atom. The van der Waals surface area contributed by atoms with E-state index in [2.05, 4.69) is 5.32 Å². The van der Waals surface area contributed by atoms with Gasteiger partial charge in [0.05, 0.1) is 0 Å². The Labute approximate surface area is 120 Å². The Hall–Kier alpha value is -1.84. The van der Waals surface area contributed by atoms with E-state index in [-0.39, 0.29) is 23.8 Å². The maximum absolute atomic E-state index is 12.7. The topological polar surface area (TPSA) is 49.4 Å². The predicted molar refractivity (Wildman–Crippen MR) is 78.0 cm³/mol. The van der Waals surface area contributed by atoms with Crippen LogP contribution in [0.4, 0.5) is 0 Å². The fraction of sp³-hybridized carbons (Fsp3) is 0.500. The summed E-state index contributed by atoms with van der Waals surface area (Å²) in [6, 6.07) is 8.51. The Balaban J connectivity index is 2.31. The molecule has 108 valence electrons. The molecule has 4 heteroatoms. The van der Waals surface area contributed by atoms with Crippen molar-refractivity contribution < 1.29 is 9.59 Å². The number of hydrogen-bond acceptors (Lipinski definition) is 2. The molecule has 4 nitrogen and oxygen atoms in total. The van der Waals surface area contributed by atoms with Gasteiger partial charge >= 0.3 is 0 Å². The summed E-state index contributed by atoms with van der Waals surface area (Å²) in [7, 11) is 0. The van der Waals surface area contributed by atoms with E-state index in [4.69, 9.17) is 0 Å². The lowest BCUT2D eigenvalue weighted by molar-refractivity contribution is -0.151. The van der Waals surface area contributed by atoms with Crippen LogP contribution in [0.25, 0.3) is 0 Å². The molecule has 2 unspecified atom stereocenters. The highest BCUT2D eigenvalue weighted by atomic mass is 16.2. The minimum absolute atomic E-state index is 0.00338. The van der Waals surface area contributed by atoms with E-state index >= 15 is 0 Å². The number of hydrogen-bond donors (Lipinski definition) is 1. The zero-order valence-corrected chi connectivity index (χ0v) is 12.3. The van der Waals surface area contributed by atoms with Crippen LogP contribution in [-0.2, 0) is 9.59 Å². The molecule has 0 aliphatic carbocycles. The number of nitrogens with one attached hydrogen (secondary N) is 1. The zero-order chi connectivity index (χ0) is 14.7. The van der Waals surface area contributed by atoms with Crippen molar-refractivity contribution in [1.29, 1.82) is 0 Å². The highest BCUT2D eigenvalue weighted by Gasteiger charge is 2.41. The Bertz CT molecular complexity index is 485. The van der Waals surface area contributed by atoms with Gasteiger partial charge in [-0.05, 0) is 17.9 Å². The van der Waals surface area contributed by atoms with Gasteiger partial charge in [0.1, 0.15) is 12.1 Å². The standard InChI is InChI=1S/C16H22N2O2/c1-4-10-18-14(11(2)3)15(19)17-13(16(18)20)12-8-6-5-7-9-12/h5-9,11,13-14H,4,10H2,1-3H3,(H,17,19). The summed E-state index contributed by atoms with van der Waals surface area (Å²) in [5, 5.41) is 2.87. The smallest absolute Gasteiger partial charge is 0.250 e. The average molecular weight is 274 g/mol. The van der Waals surface area contributed by atoms with Gasteiger partial charge < -0.3 is 10.2 Å². The van der Waals surface area contributed by atoms with Gasteiger partial charge in [-0.2, -0.15) is 0 Å². The third-order valence-electron chi connectivity index (χ3n) is 3.65. The van der Waals surface area contributed by atoms with Gasteiger partial charge in [0.25, 0.3) is 0 Å². The van der Waals surface area contributed by atoms with Crippen molar-refractivity contribution in [2.24, 2.45) is 5.92 Å². The van der Waals surface area contributed by atoms with Crippen LogP contribution >= 0.6 is 0 Å². The molecule has 1 saturated heterocycles. The van der Waals surface area contributed by atoms with Crippen molar-refractivity contribution in [3.63, 3.8) is 0 Å². The monoisotopic (exact) mass is 274 g/mol. The quantitative estimate of drug-likeness (QED) is 0.914. The van der Waals surface area contributed by atoms with Crippen LogP contribution in [0.3, 0.4) is 0 Å². The van der Waals surface area contributed by atoms with Crippen LogP contribution in [-0.4, -0.2) is 29.3 Å². The second-order valence-corrected chi connectivity index (χ2v) is 5.57. The lowest BCUT2D eigenvalue weighted by Gasteiger charge is -2.40. The fourth-order valence-electron chi connectivity index (χ4n) is 2.76. The number of rotatable bonds is 4. The van der Waals surface area contributed by atoms with Gasteiger partial charge in [-0.25, -0.2) is 0 Å².